The fourth-order valence-electron chi connectivity index (χ4n) is 2.49. The number of likely N-dealkylation sites (N-methyl/N-ethyl adjacent to an activating group) is 1. The van der Waals surface area contributed by atoms with Crippen LogP contribution >= 0.6 is 11.6 Å². The molecule has 120 valence electrons. The monoisotopic (exact) mass is 351 g/mol. The van der Waals surface area contributed by atoms with E-state index < -0.39 is 15.3 Å². The molecule has 3 rings (SSSR count). The molecule has 1 aliphatic rings. The number of rotatable bonds is 4. The van der Waals surface area contributed by atoms with Crippen molar-refractivity contribution in [2.75, 3.05) is 23.2 Å². The summed E-state index contributed by atoms with van der Waals surface area (Å²) < 4.78 is 27.4. The topological polar surface area (TPSA) is 79.4 Å². The van der Waals surface area contributed by atoms with E-state index in [1.165, 1.54) is 18.3 Å². The zero-order chi connectivity index (χ0) is 16.6. The lowest BCUT2D eigenvalue weighted by Crippen LogP contribution is -2.14. The number of halogens is 1. The second-order valence-electron chi connectivity index (χ2n) is 5.27. The Morgan fingerprint density at radius 1 is 1.30 bits per heavy atom. The van der Waals surface area contributed by atoms with E-state index in [1.54, 1.807) is 12.1 Å². The number of fused-ring (bicyclic) bond motifs is 1. The minimum absolute atomic E-state index is 0.0650. The lowest BCUT2D eigenvalue weighted by atomic mass is 10.2. The van der Waals surface area contributed by atoms with Gasteiger partial charge in [-0.3, -0.25) is 9.52 Å². The largest absolute Gasteiger partial charge is 0.374 e. The molecule has 1 aromatic heterocycles. The number of hydrogen-bond donors (Lipinski definition) is 1. The van der Waals surface area contributed by atoms with Gasteiger partial charge in [-0.25, -0.2) is 13.4 Å². The predicted octanol–water partition coefficient (Wildman–Crippen LogP) is 2.25. The SMILES string of the molecule is CN1CCc2cc(S(=O)(=O)Nc3ccc(C(=O)Cl)nc3)ccc21. The van der Waals surface area contributed by atoms with E-state index in [-0.39, 0.29) is 16.3 Å². The van der Waals surface area contributed by atoms with Crippen molar-refractivity contribution in [2.24, 2.45) is 0 Å². The molecule has 0 fully saturated rings. The molecule has 0 bridgehead atoms. The molecule has 8 heteroatoms. The fraction of sp³-hybridized carbons (Fsp3) is 0.200. The third kappa shape index (κ3) is 3.16. The van der Waals surface area contributed by atoms with E-state index in [1.807, 2.05) is 13.1 Å². The molecule has 0 spiro atoms. The highest BCUT2D eigenvalue weighted by Gasteiger charge is 2.21. The van der Waals surface area contributed by atoms with Gasteiger partial charge < -0.3 is 4.90 Å². The van der Waals surface area contributed by atoms with Gasteiger partial charge in [-0.1, -0.05) is 0 Å². The number of aromatic nitrogens is 1. The average Bonchev–Trinajstić information content (AvgIpc) is 2.88. The Hall–Kier alpha value is -2.12. The van der Waals surface area contributed by atoms with Crippen molar-refractivity contribution in [1.29, 1.82) is 0 Å². The first-order chi connectivity index (χ1) is 10.9. The van der Waals surface area contributed by atoms with E-state index >= 15 is 0 Å². The van der Waals surface area contributed by atoms with Gasteiger partial charge in [0.1, 0.15) is 5.69 Å². The van der Waals surface area contributed by atoms with Crippen LogP contribution in [-0.4, -0.2) is 32.2 Å². The van der Waals surface area contributed by atoms with Gasteiger partial charge in [-0.05, 0) is 53.9 Å². The van der Waals surface area contributed by atoms with Crippen LogP contribution in [0.1, 0.15) is 16.1 Å². The van der Waals surface area contributed by atoms with Gasteiger partial charge in [0, 0.05) is 19.3 Å². The standard InChI is InChI=1S/C15H14ClN3O3S/c1-19-7-6-10-8-12(3-5-14(10)19)23(21,22)18-11-2-4-13(15(16)20)17-9-11/h2-5,8-9,18H,6-7H2,1H3. The number of nitrogens with zero attached hydrogens (tertiary/aromatic N) is 2. The maximum atomic E-state index is 12.5. The lowest BCUT2D eigenvalue weighted by Gasteiger charge is -2.13. The quantitative estimate of drug-likeness (QED) is 0.855. The highest BCUT2D eigenvalue weighted by Crippen LogP contribution is 2.29. The lowest BCUT2D eigenvalue weighted by molar-refractivity contribution is 0.107. The van der Waals surface area contributed by atoms with E-state index in [4.69, 9.17) is 11.6 Å². The molecule has 0 unspecified atom stereocenters. The summed E-state index contributed by atoms with van der Waals surface area (Å²) in [6, 6.07) is 7.88. The minimum Gasteiger partial charge on any atom is -0.374 e. The molecule has 0 radical (unpaired) electrons. The van der Waals surface area contributed by atoms with Crippen LogP contribution in [0.15, 0.2) is 41.4 Å². The van der Waals surface area contributed by atoms with Crippen molar-refractivity contribution in [1.82, 2.24) is 4.98 Å². The van der Waals surface area contributed by atoms with Crippen LogP contribution in [0.25, 0.3) is 0 Å². The Bertz CT molecular complexity index is 866. The molecule has 6 nitrogen and oxygen atoms in total. The second kappa shape index (κ2) is 5.82. The first-order valence-electron chi connectivity index (χ1n) is 6.89. The predicted molar refractivity (Wildman–Crippen MR) is 88.6 cm³/mol. The number of nitrogens with one attached hydrogen (secondary N) is 1. The smallest absolute Gasteiger partial charge is 0.270 e. The van der Waals surface area contributed by atoms with Crippen LogP contribution in [0, 0.1) is 0 Å². The van der Waals surface area contributed by atoms with Crippen LogP contribution < -0.4 is 9.62 Å². The van der Waals surface area contributed by atoms with Gasteiger partial charge in [0.25, 0.3) is 15.3 Å². The molecule has 0 saturated heterocycles. The van der Waals surface area contributed by atoms with Gasteiger partial charge in [-0.15, -0.1) is 0 Å². The normalized spacial score (nSPS) is 13.7. The molecule has 0 amide bonds. The minimum atomic E-state index is -3.71. The van der Waals surface area contributed by atoms with Crippen LogP contribution in [0.5, 0.6) is 0 Å². The van der Waals surface area contributed by atoms with E-state index in [9.17, 15) is 13.2 Å². The summed E-state index contributed by atoms with van der Waals surface area (Å²) in [5.74, 6) is 0. The molecule has 1 aliphatic heterocycles. The van der Waals surface area contributed by atoms with E-state index in [0.29, 0.717) is 0 Å². The molecule has 0 saturated carbocycles. The summed E-state index contributed by atoms with van der Waals surface area (Å²) in [5.41, 5.74) is 2.40. The van der Waals surface area contributed by atoms with Crippen LogP contribution in [-0.2, 0) is 16.4 Å². The number of pyridine rings is 1. The molecule has 1 N–H and O–H groups in total. The first kappa shape index (κ1) is 15.8. The zero-order valence-electron chi connectivity index (χ0n) is 12.3. The van der Waals surface area contributed by atoms with E-state index in [2.05, 4.69) is 14.6 Å². The summed E-state index contributed by atoms with van der Waals surface area (Å²) >= 11 is 5.31. The average molecular weight is 352 g/mol. The molecule has 23 heavy (non-hydrogen) atoms. The third-order valence-corrected chi connectivity index (χ3v) is 5.28. The van der Waals surface area contributed by atoms with Crippen molar-refractivity contribution >= 4 is 38.2 Å². The van der Waals surface area contributed by atoms with Crippen molar-refractivity contribution in [3.8, 4) is 0 Å². The van der Waals surface area contributed by atoms with Gasteiger partial charge in [0.15, 0.2) is 0 Å². The Morgan fingerprint density at radius 2 is 2.09 bits per heavy atom. The summed E-state index contributed by atoms with van der Waals surface area (Å²) in [5, 5.41) is -0.692. The summed E-state index contributed by atoms with van der Waals surface area (Å²) in [6.45, 7) is 0.879. The maximum Gasteiger partial charge on any atom is 0.270 e. The third-order valence-electron chi connectivity index (χ3n) is 3.71. The molecular weight excluding hydrogens is 338 g/mol. The highest BCUT2D eigenvalue weighted by atomic mass is 35.5. The molecule has 2 heterocycles. The number of sulfonamides is 1. The Labute approximate surface area is 139 Å². The van der Waals surface area contributed by atoms with Gasteiger partial charge in [0.05, 0.1) is 16.8 Å². The van der Waals surface area contributed by atoms with Crippen molar-refractivity contribution in [3.63, 3.8) is 0 Å². The van der Waals surface area contributed by atoms with Crippen LogP contribution in [0.2, 0.25) is 0 Å². The Balaban J connectivity index is 1.86. The van der Waals surface area contributed by atoms with Crippen LogP contribution in [0.3, 0.4) is 0 Å². The second-order valence-corrected chi connectivity index (χ2v) is 7.30. The zero-order valence-corrected chi connectivity index (χ0v) is 13.9. The summed E-state index contributed by atoms with van der Waals surface area (Å²) in [4.78, 5) is 17.1. The Kier molecular flexibility index (Phi) is 3.99. The summed E-state index contributed by atoms with van der Waals surface area (Å²) in [7, 11) is -1.74. The molecular formula is C15H14ClN3O3S. The number of carbonyl (C=O) groups excluding carboxylic acids is 1. The van der Waals surface area contributed by atoms with Gasteiger partial charge >= 0.3 is 0 Å². The van der Waals surface area contributed by atoms with Gasteiger partial charge in [0.2, 0.25) is 0 Å². The van der Waals surface area contributed by atoms with Crippen molar-refractivity contribution < 1.29 is 13.2 Å². The van der Waals surface area contributed by atoms with Crippen LogP contribution in [0.4, 0.5) is 11.4 Å². The molecule has 1 aromatic carbocycles. The molecule has 0 aliphatic carbocycles. The first-order valence-corrected chi connectivity index (χ1v) is 8.76. The number of carbonyl (C=O) groups is 1. The maximum absolute atomic E-state index is 12.5. The van der Waals surface area contributed by atoms with Gasteiger partial charge in [-0.2, -0.15) is 0 Å². The number of anilines is 2. The van der Waals surface area contributed by atoms with Crippen molar-refractivity contribution in [3.05, 3.63) is 47.8 Å². The van der Waals surface area contributed by atoms with E-state index in [0.717, 1.165) is 24.2 Å². The molecule has 0 atom stereocenters. The van der Waals surface area contributed by atoms with Crippen molar-refractivity contribution in [2.45, 2.75) is 11.3 Å². The summed E-state index contributed by atoms with van der Waals surface area (Å²) in [6.07, 6.45) is 2.08. The molecule has 2 aromatic rings. The highest BCUT2D eigenvalue weighted by molar-refractivity contribution is 7.92. The fourth-order valence-corrected chi connectivity index (χ4v) is 3.70. The number of hydrogen-bond acceptors (Lipinski definition) is 5. The Morgan fingerprint density at radius 3 is 2.74 bits per heavy atom. The number of benzene rings is 1.